The Hall–Kier alpha value is -3.74. The molecule has 0 aliphatic carbocycles. The smallest absolute Gasteiger partial charge is 0.437 e. The molecule has 1 aromatic rings. The standard InChI is InChI=1S/C24H35N5O8/c1-23(2,3)36-21(31)25-20(26-22(32)37-24(4,5)6)28-10-8-27(9-11-28)15-16-12-17(19(30)35-7)14-18(13-16)29(33)34/h12-14H,8-11,15H2,1-7H3,(H,25,26,31,32). The lowest BCUT2D eigenvalue weighted by Gasteiger charge is -2.36. The highest BCUT2D eigenvalue weighted by Gasteiger charge is 2.26. The topological polar surface area (TPSA) is 153 Å². The van der Waals surface area contributed by atoms with E-state index in [9.17, 15) is 24.5 Å². The molecule has 0 radical (unpaired) electrons. The van der Waals surface area contributed by atoms with E-state index in [4.69, 9.17) is 14.2 Å². The Morgan fingerprint density at radius 1 is 1.00 bits per heavy atom. The fourth-order valence-electron chi connectivity index (χ4n) is 3.43. The number of benzene rings is 1. The predicted octanol–water partition coefficient (Wildman–Crippen LogP) is 3.31. The van der Waals surface area contributed by atoms with Gasteiger partial charge in [0.15, 0.2) is 0 Å². The number of esters is 1. The van der Waals surface area contributed by atoms with Crippen LogP contribution in [0, 0.1) is 10.1 Å². The van der Waals surface area contributed by atoms with E-state index in [1.807, 2.05) is 4.90 Å². The van der Waals surface area contributed by atoms with Crippen molar-refractivity contribution < 1.29 is 33.5 Å². The number of rotatable bonds is 4. The highest BCUT2D eigenvalue weighted by Crippen LogP contribution is 2.20. The van der Waals surface area contributed by atoms with Gasteiger partial charge in [-0.2, -0.15) is 0 Å². The Bertz CT molecular complexity index is 1050. The zero-order chi connectivity index (χ0) is 28.0. The van der Waals surface area contributed by atoms with E-state index in [2.05, 4.69) is 10.3 Å². The van der Waals surface area contributed by atoms with Crippen LogP contribution >= 0.6 is 0 Å². The van der Waals surface area contributed by atoms with Crippen LogP contribution in [-0.4, -0.2) is 83.3 Å². The van der Waals surface area contributed by atoms with Crippen LogP contribution in [-0.2, 0) is 20.8 Å². The Morgan fingerprint density at radius 2 is 1.59 bits per heavy atom. The molecule has 13 heteroatoms. The van der Waals surface area contributed by atoms with Crippen LogP contribution in [0.4, 0.5) is 15.3 Å². The quantitative estimate of drug-likeness (QED) is 0.156. The first-order valence-corrected chi connectivity index (χ1v) is 11.7. The molecule has 1 aliphatic heterocycles. The summed E-state index contributed by atoms with van der Waals surface area (Å²) in [5.41, 5.74) is -1.04. The highest BCUT2D eigenvalue weighted by atomic mass is 16.6. The number of ether oxygens (including phenoxy) is 3. The summed E-state index contributed by atoms with van der Waals surface area (Å²) in [6, 6.07) is 4.15. The van der Waals surface area contributed by atoms with Gasteiger partial charge in [0.25, 0.3) is 5.69 Å². The van der Waals surface area contributed by atoms with Crippen LogP contribution < -0.4 is 5.32 Å². The van der Waals surface area contributed by atoms with Gasteiger partial charge in [-0.3, -0.25) is 20.3 Å². The molecule has 2 amide bonds. The monoisotopic (exact) mass is 521 g/mol. The highest BCUT2D eigenvalue weighted by molar-refractivity contribution is 5.99. The number of methoxy groups -OCH3 is 1. The molecule has 13 nitrogen and oxygen atoms in total. The van der Waals surface area contributed by atoms with Crippen molar-refractivity contribution in [3.63, 3.8) is 0 Å². The third-order valence-electron chi connectivity index (χ3n) is 4.89. The zero-order valence-corrected chi connectivity index (χ0v) is 22.3. The van der Waals surface area contributed by atoms with Crippen LogP contribution in [0.15, 0.2) is 23.2 Å². The number of alkyl carbamates (subject to hydrolysis) is 1. The summed E-state index contributed by atoms with van der Waals surface area (Å²) in [5.74, 6) is -0.655. The number of nitrogens with zero attached hydrogens (tertiary/aromatic N) is 4. The van der Waals surface area contributed by atoms with E-state index in [-0.39, 0.29) is 17.2 Å². The molecule has 204 valence electrons. The SMILES string of the molecule is COC(=O)c1cc(CN2CCN(C(=NC(=O)OC(C)(C)C)NC(=O)OC(C)(C)C)CC2)cc([N+](=O)[O-])c1. The Balaban J connectivity index is 2.15. The van der Waals surface area contributed by atoms with Crippen molar-refractivity contribution in [1.82, 2.24) is 15.1 Å². The third-order valence-corrected chi connectivity index (χ3v) is 4.89. The number of nitro groups is 1. The molecular weight excluding hydrogens is 486 g/mol. The first-order chi connectivity index (χ1) is 17.1. The van der Waals surface area contributed by atoms with Crippen molar-refractivity contribution in [2.45, 2.75) is 59.3 Å². The van der Waals surface area contributed by atoms with Gasteiger partial charge >= 0.3 is 18.2 Å². The molecule has 0 spiro atoms. The maximum Gasteiger partial charge on any atom is 0.437 e. The molecule has 0 saturated carbocycles. The van der Waals surface area contributed by atoms with Gasteiger partial charge in [-0.25, -0.2) is 14.4 Å². The fourth-order valence-corrected chi connectivity index (χ4v) is 3.43. The van der Waals surface area contributed by atoms with E-state index < -0.39 is 34.3 Å². The molecule has 1 N–H and O–H groups in total. The van der Waals surface area contributed by atoms with Gasteiger partial charge in [0.1, 0.15) is 11.2 Å². The lowest BCUT2D eigenvalue weighted by atomic mass is 10.1. The average molecular weight is 522 g/mol. The molecule has 1 aliphatic rings. The second-order valence-electron chi connectivity index (χ2n) is 10.4. The molecule has 0 aromatic heterocycles. The van der Waals surface area contributed by atoms with Gasteiger partial charge in [-0.15, -0.1) is 4.99 Å². The van der Waals surface area contributed by atoms with Crippen LogP contribution in [0.2, 0.25) is 0 Å². The number of non-ortho nitro benzene ring substituents is 1. The number of guanidine groups is 1. The second-order valence-corrected chi connectivity index (χ2v) is 10.4. The normalized spacial score (nSPS) is 15.1. The van der Waals surface area contributed by atoms with Gasteiger partial charge in [-0.1, -0.05) is 0 Å². The minimum Gasteiger partial charge on any atom is -0.465 e. The van der Waals surface area contributed by atoms with Gasteiger partial charge in [0.05, 0.1) is 17.6 Å². The number of nitrogens with one attached hydrogen (secondary N) is 1. The van der Waals surface area contributed by atoms with Crippen LogP contribution in [0.25, 0.3) is 0 Å². The summed E-state index contributed by atoms with van der Waals surface area (Å²) >= 11 is 0. The first kappa shape index (κ1) is 29.5. The van der Waals surface area contributed by atoms with Crippen LogP contribution in [0.3, 0.4) is 0 Å². The maximum absolute atomic E-state index is 12.4. The van der Waals surface area contributed by atoms with Crippen molar-refractivity contribution in [2.24, 2.45) is 4.99 Å². The lowest BCUT2D eigenvalue weighted by Crippen LogP contribution is -2.54. The number of carbonyl (C=O) groups is 3. The first-order valence-electron chi connectivity index (χ1n) is 11.7. The van der Waals surface area contributed by atoms with Crippen LogP contribution in [0.5, 0.6) is 0 Å². The number of aliphatic imine (C=N–C) groups is 1. The molecule has 1 aromatic carbocycles. The maximum atomic E-state index is 12.4. The molecule has 37 heavy (non-hydrogen) atoms. The number of amides is 2. The molecule has 1 fully saturated rings. The van der Waals surface area contributed by atoms with E-state index in [0.717, 1.165) is 0 Å². The minimum absolute atomic E-state index is 0.00600. The zero-order valence-electron chi connectivity index (χ0n) is 22.3. The summed E-state index contributed by atoms with van der Waals surface area (Å²) in [5, 5.41) is 13.9. The van der Waals surface area contributed by atoms with Gasteiger partial charge < -0.3 is 19.1 Å². The van der Waals surface area contributed by atoms with Crippen molar-refractivity contribution >= 4 is 29.8 Å². The predicted molar refractivity (Wildman–Crippen MR) is 134 cm³/mol. The Kier molecular flexibility index (Phi) is 9.56. The van der Waals surface area contributed by atoms with Gasteiger partial charge in [0.2, 0.25) is 5.96 Å². The van der Waals surface area contributed by atoms with E-state index in [1.54, 1.807) is 52.5 Å². The number of piperazine rings is 1. The van der Waals surface area contributed by atoms with E-state index in [0.29, 0.717) is 38.3 Å². The minimum atomic E-state index is -0.854. The Labute approximate surface area is 215 Å². The molecule has 1 heterocycles. The number of nitro benzene ring substituents is 1. The molecular formula is C24H35N5O8. The lowest BCUT2D eigenvalue weighted by molar-refractivity contribution is -0.385. The largest absolute Gasteiger partial charge is 0.465 e. The van der Waals surface area contributed by atoms with E-state index >= 15 is 0 Å². The summed E-state index contributed by atoms with van der Waals surface area (Å²) in [6.45, 7) is 12.4. The molecule has 1 saturated heterocycles. The molecule has 0 unspecified atom stereocenters. The molecule has 0 bridgehead atoms. The van der Waals surface area contributed by atoms with Crippen LogP contribution in [0.1, 0.15) is 57.5 Å². The summed E-state index contributed by atoms with van der Waals surface area (Å²) in [4.78, 5) is 55.1. The van der Waals surface area contributed by atoms with Crippen molar-refractivity contribution in [2.75, 3.05) is 33.3 Å². The summed E-state index contributed by atoms with van der Waals surface area (Å²) in [6.07, 6.45) is -1.61. The molecule has 0 atom stereocenters. The fraction of sp³-hybridized carbons (Fsp3) is 0.583. The molecule has 2 rings (SSSR count). The summed E-state index contributed by atoms with van der Waals surface area (Å²) in [7, 11) is 1.21. The number of hydrogen-bond acceptors (Lipinski definition) is 9. The van der Waals surface area contributed by atoms with Crippen molar-refractivity contribution in [3.8, 4) is 0 Å². The van der Waals surface area contributed by atoms with Crippen molar-refractivity contribution in [1.29, 1.82) is 0 Å². The van der Waals surface area contributed by atoms with Crippen molar-refractivity contribution in [3.05, 3.63) is 39.4 Å². The second kappa shape index (κ2) is 12.0. The Morgan fingerprint density at radius 3 is 2.11 bits per heavy atom. The average Bonchev–Trinajstić information content (AvgIpc) is 2.75. The number of hydrogen-bond donors (Lipinski definition) is 1. The third kappa shape index (κ3) is 10.0. The van der Waals surface area contributed by atoms with Gasteiger partial charge in [-0.05, 0) is 53.2 Å². The summed E-state index contributed by atoms with van der Waals surface area (Å²) < 4.78 is 15.3. The number of carbonyl (C=O) groups excluding carboxylic acids is 3. The van der Waals surface area contributed by atoms with E-state index in [1.165, 1.54) is 19.2 Å². The van der Waals surface area contributed by atoms with Gasteiger partial charge in [0, 0.05) is 44.9 Å².